The molecule has 2 rings (SSSR count). The van der Waals surface area contributed by atoms with Crippen LogP contribution < -0.4 is 14.8 Å². The quantitative estimate of drug-likeness (QED) is 0.660. The normalized spacial score (nSPS) is 11.0. The number of hydrogen-bond acceptors (Lipinski definition) is 4. The van der Waals surface area contributed by atoms with E-state index in [1.165, 1.54) is 30.3 Å². The average molecular weight is 374 g/mol. The number of benzene rings is 2. The van der Waals surface area contributed by atoms with Crippen LogP contribution in [-0.4, -0.2) is 27.5 Å². The van der Waals surface area contributed by atoms with Gasteiger partial charge in [0.05, 0.1) is 17.1 Å². The SMILES string of the molecule is C=CCNS(=O)(=O)c1ccc(NC(=O)c2ccccc2OCCC)cc1. The summed E-state index contributed by atoms with van der Waals surface area (Å²) in [5, 5.41) is 2.75. The highest BCUT2D eigenvalue weighted by Crippen LogP contribution is 2.21. The van der Waals surface area contributed by atoms with Gasteiger partial charge >= 0.3 is 0 Å². The van der Waals surface area contributed by atoms with Crippen molar-refractivity contribution >= 4 is 21.6 Å². The first-order valence-corrected chi connectivity index (χ1v) is 9.70. The minimum absolute atomic E-state index is 0.115. The van der Waals surface area contributed by atoms with Crippen molar-refractivity contribution in [2.24, 2.45) is 0 Å². The minimum Gasteiger partial charge on any atom is -0.493 e. The summed E-state index contributed by atoms with van der Waals surface area (Å²) >= 11 is 0. The molecule has 0 saturated carbocycles. The van der Waals surface area contributed by atoms with E-state index in [0.717, 1.165) is 6.42 Å². The van der Waals surface area contributed by atoms with Crippen molar-refractivity contribution in [2.75, 3.05) is 18.5 Å². The monoisotopic (exact) mass is 374 g/mol. The van der Waals surface area contributed by atoms with E-state index in [1.54, 1.807) is 24.3 Å². The van der Waals surface area contributed by atoms with Gasteiger partial charge < -0.3 is 10.1 Å². The van der Waals surface area contributed by atoms with E-state index in [2.05, 4.69) is 16.6 Å². The summed E-state index contributed by atoms with van der Waals surface area (Å²) in [5.74, 6) is 0.191. The third kappa shape index (κ3) is 5.18. The molecule has 1 amide bonds. The zero-order valence-electron chi connectivity index (χ0n) is 14.6. The lowest BCUT2D eigenvalue weighted by atomic mass is 10.2. The van der Waals surface area contributed by atoms with E-state index in [9.17, 15) is 13.2 Å². The molecular formula is C19H22N2O4S. The molecule has 0 atom stereocenters. The van der Waals surface area contributed by atoms with Crippen molar-refractivity contribution in [1.82, 2.24) is 4.72 Å². The van der Waals surface area contributed by atoms with Crippen LogP contribution in [0.2, 0.25) is 0 Å². The van der Waals surface area contributed by atoms with E-state index >= 15 is 0 Å². The fourth-order valence-electron chi connectivity index (χ4n) is 2.16. The van der Waals surface area contributed by atoms with Crippen LogP contribution in [0.4, 0.5) is 5.69 Å². The molecular weight excluding hydrogens is 352 g/mol. The largest absolute Gasteiger partial charge is 0.493 e. The molecule has 0 aliphatic carbocycles. The molecule has 0 bridgehead atoms. The highest BCUT2D eigenvalue weighted by atomic mass is 32.2. The van der Waals surface area contributed by atoms with Gasteiger partial charge in [0.2, 0.25) is 10.0 Å². The number of nitrogens with one attached hydrogen (secondary N) is 2. The van der Waals surface area contributed by atoms with Gasteiger partial charge in [-0.3, -0.25) is 4.79 Å². The van der Waals surface area contributed by atoms with E-state index < -0.39 is 10.0 Å². The van der Waals surface area contributed by atoms with Crippen LogP contribution in [0, 0.1) is 0 Å². The Hall–Kier alpha value is -2.64. The van der Waals surface area contributed by atoms with Gasteiger partial charge in [-0.25, -0.2) is 13.1 Å². The molecule has 2 aromatic rings. The minimum atomic E-state index is -3.59. The Morgan fingerprint density at radius 2 is 1.85 bits per heavy atom. The van der Waals surface area contributed by atoms with E-state index in [4.69, 9.17) is 4.74 Å². The summed E-state index contributed by atoms with van der Waals surface area (Å²) in [4.78, 5) is 12.6. The van der Waals surface area contributed by atoms with E-state index in [-0.39, 0.29) is 17.3 Å². The standard InChI is InChI=1S/C19H22N2O4S/c1-3-13-20-26(23,24)16-11-9-15(10-12-16)21-19(22)17-7-5-6-8-18(17)25-14-4-2/h3,5-12,20H,1,4,13-14H2,2H3,(H,21,22). The molecule has 0 aromatic heterocycles. The highest BCUT2D eigenvalue weighted by Gasteiger charge is 2.15. The third-order valence-electron chi connectivity index (χ3n) is 3.43. The lowest BCUT2D eigenvalue weighted by Crippen LogP contribution is -2.23. The van der Waals surface area contributed by atoms with Gasteiger partial charge in [0.15, 0.2) is 0 Å². The number of carbonyl (C=O) groups is 1. The molecule has 2 aromatic carbocycles. The second-order valence-electron chi connectivity index (χ2n) is 5.46. The first-order chi connectivity index (χ1) is 12.5. The molecule has 0 saturated heterocycles. The Balaban J connectivity index is 2.12. The highest BCUT2D eigenvalue weighted by molar-refractivity contribution is 7.89. The number of hydrogen-bond donors (Lipinski definition) is 2. The van der Waals surface area contributed by atoms with Gasteiger partial charge in [0.25, 0.3) is 5.91 Å². The summed E-state index contributed by atoms with van der Waals surface area (Å²) < 4.78 is 32.0. The predicted octanol–water partition coefficient (Wildman–Crippen LogP) is 3.19. The summed E-state index contributed by atoms with van der Waals surface area (Å²) in [6.45, 7) is 6.13. The smallest absolute Gasteiger partial charge is 0.259 e. The maximum Gasteiger partial charge on any atom is 0.259 e. The van der Waals surface area contributed by atoms with Crippen LogP contribution in [0.1, 0.15) is 23.7 Å². The number of carbonyl (C=O) groups excluding carboxylic acids is 1. The van der Waals surface area contributed by atoms with E-state index in [0.29, 0.717) is 23.6 Å². The summed E-state index contributed by atoms with van der Waals surface area (Å²) in [5.41, 5.74) is 0.910. The van der Waals surface area contributed by atoms with Gasteiger partial charge in [-0.1, -0.05) is 25.1 Å². The molecule has 0 aliphatic rings. The summed E-state index contributed by atoms with van der Waals surface area (Å²) in [7, 11) is -3.59. The number of rotatable bonds is 9. The van der Waals surface area contributed by atoms with Crippen molar-refractivity contribution in [2.45, 2.75) is 18.2 Å². The van der Waals surface area contributed by atoms with Gasteiger partial charge in [-0.15, -0.1) is 6.58 Å². The molecule has 0 aliphatic heterocycles. The van der Waals surface area contributed by atoms with Crippen LogP contribution >= 0.6 is 0 Å². The zero-order chi connectivity index (χ0) is 19.0. The van der Waals surface area contributed by atoms with Gasteiger partial charge in [-0.2, -0.15) is 0 Å². The number of ether oxygens (including phenoxy) is 1. The van der Waals surface area contributed by atoms with E-state index in [1.807, 2.05) is 6.92 Å². The van der Waals surface area contributed by atoms with Crippen molar-refractivity contribution in [1.29, 1.82) is 0 Å². The van der Waals surface area contributed by atoms with Crippen LogP contribution in [0.25, 0.3) is 0 Å². The lowest BCUT2D eigenvalue weighted by Gasteiger charge is -2.11. The number of anilines is 1. The summed E-state index contributed by atoms with van der Waals surface area (Å²) in [6.07, 6.45) is 2.30. The first kappa shape index (κ1) is 19.7. The molecule has 0 fully saturated rings. The maximum atomic E-state index is 12.5. The Bertz CT molecular complexity index is 861. The second kappa shape index (κ2) is 9.17. The molecule has 0 spiro atoms. The molecule has 6 nitrogen and oxygen atoms in total. The number of para-hydroxylation sites is 1. The Morgan fingerprint density at radius 1 is 1.15 bits per heavy atom. The average Bonchev–Trinajstić information content (AvgIpc) is 2.65. The van der Waals surface area contributed by atoms with Gasteiger partial charge in [0.1, 0.15) is 5.75 Å². The molecule has 0 unspecified atom stereocenters. The van der Waals surface area contributed by atoms with Gasteiger partial charge in [0, 0.05) is 12.2 Å². The third-order valence-corrected chi connectivity index (χ3v) is 4.87. The van der Waals surface area contributed by atoms with Crippen LogP contribution in [0.15, 0.2) is 66.1 Å². The Labute approximate surface area is 153 Å². The van der Waals surface area contributed by atoms with Crippen molar-refractivity contribution in [3.63, 3.8) is 0 Å². The molecule has 2 N–H and O–H groups in total. The van der Waals surface area contributed by atoms with Crippen molar-refractivity contribution < 1.29 is 17.9 Å². The van der Waals surface area contributed by atoms with Crippen LogP contribution in [0.5, 0.6) is 5.75 Å². The van der Waals surface area contributed by atoms with Crippen LogP contribution in [-0.2, 0) is 10.0 Å². The van der Waals surface area contributed by atoms with Crippen LogP contribution in [0.3, 0.4) is 0 Å². The van der Waals surface area contributed by atoms with Gasteiger partial charge in [-0.05, 0) is 42.8 Å². The topological polar surface area (TPSA) is 84.5 Å². The molecule has 138 valence electrons. The molecule has 26 heavy (non-hydrogen) atoms. The summed E-state index contributed by atoms with van der Waals surface area (Å²) in [6, 6.07) is 12.9. The lowest BCUT2D eigenvalue weighted by molar-refractivity contribution is 0.102. The number of amides is 1. The first-order valence-electron chi connectivity index (χ1n) is 8.21. The Kier molecular flexibility index (Phi) is 6.94. The molecule has 0 heterocycles. The number of sulfonamides is 1. The Morgan fingerprint density at radius 3 is 2.50 bits per heavy atom. The second-order valence-corrected chi connectivity index (χ2v) is 7.23. The fraction of sp³-hybridized carbons (Fsp3) is 0.211. The molecule has 7 heteroatoms. The maximum absolute atomic E-state index is 12.5. The van der Waals surface area contributed by atoms with Crippen molar-refractivity contribution in [3.05, 3.63) is 66.7 Å². The predicted molar refractivity (Wildman–Crippen MR) is 102 cm³/mol. The van der Waals surface area contributed by atoms with Crippen molar-refractivity contribution in [3.8, 4) is 5.75 Å². The zero-order valence-corrected chi connectivity index (χ0v) is 15.4. The fourth-order valence-corrected chi connectivity index (χ4v) is 3.16. The molecule has 0 radical (unpaired) electrons.